The van der Waals surface area contributed by atoms with Gasteiger partial charge in [0, 0.05) is 30.3 Å². The van der Waals surface area contributed by atoms with E-state index in [2.05, 4.69) is 15.5 Å². The number of rotatable bonds is 7. The topological polar surface area (TPSA) is 88.2 Å². The molecule has 1 aliphatic rings. The molecule has 1 saturated carbocycles. The third-order valence-corrected chi connectivity index (χ3v) is 4.94. The standard InChI is InChI=1S/C16H21N3O3S/c20-13(11-3-1-2-4-11)9-17-14(21)5-6-15-18-19-16(22-15)12-7-8-23-10-12/h7-8,10-11,13,20H,1-6,9H2,(H,17,21). The predicted octanol–water partition coefficient (Wildman–Crippen LogP) is 2.40. The summed E-state index contributed by atoms with van der Waals surface area (Å²) in [7, 11) is 0. The third-order valence-electron chi connectivity index (χ3n) is 4.25. The third kappa shape index (κ3) is 4.39. The first-order valence-corrected chi connectivity index (χ1v) is 8.96. The summed E-state index contributed by atoms with van der Waals surface area (Å²) in [5.74, 6) is 1.17. The highest BCUT2D eigenvalue weighted by atomic mass is 32.1. The summed E-state index contributed by atoms with van der Waals surface area (Å²) < 4.78 is 5.54. The fraction of sp³-hybridized carbons (Fsp3) is 0.562. The van der Waals surface area contributed by atoms with E-state index in [0.29, 0.717) is 30.7 Å². The molecule has 0 radical (unpaired) electrons. The van der Waals surface area contributed by atoms with E-state index in [9.17, 15) is 9.90 Å². The van der Waals surface area contributed by atoms with Crippen LogP contribution in [0.25, 0.3) is 11.5 Å². The average molecular weight is 335 g/mol. The van der Waals surface area contributed by atoms with Crippen LogP contribution in [0.4, 0.5) is 0 Å². The minimum absolute atomic E-state index is 0.0997. The number of aryl methyl sites for hydroxylation is 1. The maximum atomic E-state index is 11.9. The maximum absolute atomic E-state index is 11.9. The minimum Gasteiger partial charge on any atom is -0.421 e. The molecule has 1 amide bonds. The second-order valence-electron chi connectivity index (χ2n) is 5.93. The summed E-state index contributed by atoms with van der Waals surface area (Å²) in [6, 6.07) is 1.92. The van der Waals surface area contributed by atoms with Crippen LogP contribution in [0.5, 0.6) is 0 Å². The Kier molecular flexibility index (Phi) is 5.40. The summed E-state index contributed by atoms with van der Waals surface area (Å²) in [5, 5.41) is 24.7. The van der Waals surface area contributed by atoms with E-state index in [0.717, 1.165) is 18.4 Å². The molecule has 2 aromatic heterocycles. The highest BCUT2D eigenvalue weighted by Crippen LogP contribution is 2.27. The first-order valence-electron chi connectivity index (χ1n) is 8.02. The van der Waals surface area contributed by atoms with Gasteiger partial charge in [0.2, 0.25) is 17.7 Å². The fourth-order valence-corrected chi connectivity index (χ4v) is 3.52. The van der Waals surface area contributed by atoms with Crippen LogP contribution in [0.3, 0.4) is 0 Å². The van der Waals surface area contributed by atoms with Gasteiger partial charge in [-0.25, -0.2) is 0 Å². The molecule has 1 atom stereocenters. The molecule has 2 heterocycles. The van der Waals surface area contributed by atoms with Crippen molar-refractivity contribution in [2.24, 2.45) is 5.92 Å². The number of carbonyl (C=O) groups is 1. The first kappa shape index (κ1) is 16.1. The van der Waals surface area contributed by atoms with Crippen molar-refractivity contribution < 1.29 is 14.3 Å². The summed E-state index contributed by atoms with van der Waals surface area (Å²) in [6.45, 7) is 0.327. The second-order valence-corrected chi connectivity index (χ2v) is 6.71. The highest BCUT2D eigenvalue weighted by Gasteiger charge is 2.23. The number of aromatic nitrogens is 2. The number of hydrogen-bond donors (Lipinski definition) is 2. The number of nitrogens with zero attached hydrogens (tertiary/aromatic N) is 2. The normalized spacial score (nSPS) is 16.6. The Labute approximate surface area is 138 Å². The largest absolute Gasteiger partial charge is 0.421 e. The summed E-state index contributed by atoms with van der Waals surface area (Å²) in [4.78, 5) is 11.9. The van der Waals surface area contributed by atoms with E-state index >= 15 is 0 Å². The van der Waals surface area contributed by atoms with Gasteiger partial charge in [0.1, 0.15) is 0 Å². The SMILES string of the molecule is O=C(CCc1nnc(-c2ccsc2)o1)NCC(O)C1CCCC1. The predicted molar refractivity (Wildman–Crippen MR) is 86.9 cm³/mol. The first-order chi connectivity index (χ1) is 11.2. The molecular formula is C16H21N3O3S. The number of thiophene rings is 1. The molecule has 2 aromatic rings. The number of carbonyl (C=O) groups excluding carboxylic acids is 1. The van der Waals surface area contributed by atoms with Crippen LogP contribution in [0, 0.1) is 5.92 Å². The van der Waals surface area contributed by atoms with Crippen molar-refractivity contribution in [2.45, 2.75) is 44.6 Å². The van der Waals surface area contributed by atoms with Crippen LogP contribution in [0.15, 0.2) is 21.2 Å². The van der Waals surface area contributed by atoms with Crippen LogP contribution in [-0.2, 0) is 11.2 Å². The summed E-state index contributed by atoms with van der Waals surface area (Å²) in [5.41, 5.74) is 0.901. The molecule has 0 aliphatic heterocycles. The van der Waals surface area contributed by atoms with Gasteiger partial charge in [0.15, 0.2) is 0 Å². The lowest BCUT2D eigenvalue weighted by Crippen LogP contribution is -2.35. The van der Waals surface area contributed by atoms with Gasteiger partial charge in [-0.3, -0.25) is 4.79 Å². The zero-order chi connectivity index (χ0) is 16.1. The van der Waals surface area contributed by atoms with Gasteiger partial charge in [-0.15, -0.1) is 10.2 Å². The van der Waals surface area contributed by atoms with Crippen molar-refractivity contribution in [2.75, 3.05) is 6.54 Å². The molecule has 1 fully saturated rings. The molecule has 2 N–H and O–H groups in total. The maximum Gasteiger partial charge on any atom is 0.248 e. The Morgan fingerprint density at radius 2 is 2.26 bits per heavy atom. The van der Waals surface area contributed by atoms with Gasteiger partial charge < -0.3 is 14.8 Å². The highest BCUT2D eigenvalue weighted by molar-refractivity contribution is 7.08. The number of aliphatic hydroxyl groups excluding tert-OH is 1. The molecule has 3 rings (SSSR count). The van der Waals surface area contributed by atoms with E-state index in [1.165, 1.54) is 12.8 Å². The zero-order valence-electron chi connectivity index (χ0n) is 12.9. The van der Waals surface area contributed by atoms with Crippen molar-refractivity contribution in [3.8, 4) is 11.5 Å². The lowest BCUT2D eigenvalue weighted by Gasteiger charge is -2.17. The minimum atomic E-state index is -0.435. The Morgan fingerprint density at radius 3 is 3.00 bits per heavy atom. The van der Waals surface area contributed by atoms with E-state index in [1.54, 1.807) is 11.3 Å². The molecule has 0 spiro atoms. The fourth-order valence-electron chi connectivity index (χ4n) is 2.89. The van der Waals surface area contributed by atoms with Gasteiger partial charge in [-0.05, 0) is 30.2 Å². The molecule has 1 aliphatic carbocycles. The molecule has 0 bridgehead atoms. The molecule has 0 aromatic carbocycles. The van der Waals surface area contributed by atoms with Gasteiger partial charge in [-0.2, -0.15) is 11.3 Å². The van der Waals surface area contributed by atoms with Crippen molar-refractivity contribution in [1.82, 2.24) is 15.5 Å². The molecule has 6 nitrogen and oxygen atoms in total. The average Bonchev–Trinajstić information content (AvgIpc) is 3.32. The smallest absolute Gasteiger partial charge is 0.248 e. The number of nitrogens with one attached hydrogen (secondary N) is 1. The van der Waals surface area contributed by atoms with Gasteiger partial charge in [-0.1, -0.05) is 12.8 Å². The Morgan fingerprint density at radius 1 is 1.43 bits per heavy atom. The van der Waals surface area contributed by atoms with Gasteiger partial charge in [0.05, 0.1) is 6.10 Å². The van der Waals surface area contributed by atoms with Crippen molar-refractivity contribution in [3.05, 3.63) is 22.7 Å². The van der Waals surface area contributed by atoms with Crippen LogP contribution in [0.2, 0.25) is 0 Å². The molecular weight excluding hydrogens is 314 g/mol. The lowest BCUT2D eigenvalue weighted by molar-refractivity contribution is -0.121. The molecule has 0 saturated heterocycles. The molecule has 124 valence electrons. The lowest BCUT2D eigenvalue weighted by atomic mass is 10.0. The van der Waals surface area contributed by atoms with Crippen LogP contribution < -0.4 is 5.32 Å². The van der Waals surface area contributed by atoms with Gasteiger partial charge in [0.25, 0.3) is 0 Å². The van der Waals surface area contributed by atoms with E-state index in [1.807, 2.05) is 16.8 Å². The second kappa shape index (κ2) is 7.70. The van der Waals surface area contributed by atoms with E-state index < -0.39 is 6.10 Å². The Bertz CT molecular complexity index is 620. The summed E-state index contributed by atoms with van der Waals surface area (Å²) >= 11 is 1.57. The zero-order valence-corrected chi connectivity index (χ0v) is 13.7. The number of hydrogen-bond acceptors (Lipinski definition) is 6. The van der Waals surface area contributed by atoms with Gasteiger partial charge >= 0.3 is 0 Å². The Hall–Kier alpha value is -1.73. The summed E-state index contributed by atoms with van der Waals surface area (Å²) in [6.07, 6.45) is 4.73. The van der Waals surface area contributed by atoms with Crippen molar-refractivity contribution >= 4 is 17.2 Å². The monoisotopic (exact) mass is 335 g/mol. The van der Waals surface area contributed by atoms with E-state index in [4.69, 9.17) is 4.42 Å². The van der Waals surface area contributed by atoms with Crippen LogP contribution in [-0.4, -0.2) is 33.9 Å². The van der Waals surface area contributed by atoms with E-state index in [-0.39, 0.29) is 12.3 Å². The molecule has 7 heteroatoms. The molecule has 1 unspecified atom stereocenters. The van der Waals surface area contributed by atoms with Crippen molar-refractivity contribution in [1.29, 1.82) is 0 Å². The van der Waals surface area contributed by atoms with Crippen LogP contribution in [0.1, 0.15) is 38.0 Å². The quantitative estimate of drug-likeness (QED) is 0.811. The number of aliphatic hydroxyl groups is 1. The molecule has 23 heavy (non-hydrogen) atoms. The van der Waals surface area contributed by atoms with Crippen LogP contribution >= 0.6 is 11.3 Å². The Balaban J connectivity index is 1.40. The van der Waals surface area contributed by atoms with Crippen molar-refractivity contribution in [3.63, 3.8) is 0 Å². The number of amides is 1.